The number of anilines is 1. The molecule has 0 radical (unpaired) electrons. The SMILES string of the molecule is CC(C)CCNC(=S)Nc1ccc(OC(C)C)cc1. The third-order valence-electron chi connectivity index (χ3n) is 2.49. The second kappa shape index (κ2) is 8.00. The van der Waals surface area contributed by atoms with Gasteiger partial charge in [-0.25, -0.2) is 0 Å². The lowest BCUT2D eigenvalue weighted by molar-refractivity contribution is 0.242. The molecule has 1 aromatic rings. The van der Waals surface area contributed by atoms with Crippen molar-refractivity contribution in [2.45, 2.75) is 40.2 Å². The first-order chi connectivity index (χ1) is 8.97. The molecule has 0 aliphatic heterocycles. The van der Waals surface area contributed by atoms with Gasteiger partial charge in [0, 0.05) is 12.2 Å². The Morgan fingerprint density at radius 1 is 1.16 bits per heavy atom. The van der Waals surface area contributed by atoms with Crippen LogP contribution in [0.5, 0.6) is 5.75 Å². The van der Waals surface area contributed by atoms with E-state index in [1.54, 1.807) is 0 Å². The van der Waals surface area contributed by atoms with Crippen LogP contribution in [-0.4, -0.2) is 17.8 Å². The highest BCUT2D eigenvalue weighted by atomic mass is 32.1. The molecule has 1 rings (SSSR count). The summed E-state index contributed by atoms with van der Waals surface area (Å²) in [5, 5.41) is 7.02. The lowest BCUT2D eigenvalue weighted by Gasteiger charge is -2.13. The van der Waals surface area contributed by atoms with Gasteiger partial charge in [0.05, 0.1) is 6.10 Å². The Morgan fingerprint density at radius 2 is 1.79 bits per heavy atom. The normalized spacial score (nSPS) is 10.6. The predicted octanol–water partition coefficient (Wildman–Crippen LogP) is 3.81. The van der Waals surface area contributed by atoms with E-state index in [0.717, 1.165) is 24.4 Å². The highest BCUT2D eigenvalue weighted by molar-refractivity contribution is 7.80. The summed E-state index contributed by atoms with van der Waals surface area (Å²) >= 11 is 5.24. The van der Waals surface area contributed by atoms with Gasteiger partial charge in [0.15, 0.2) is 5.11 Å². The minimum atomic E-state index is 0.192. The van der Waals surface area contributed by atoms with E-state index in [1.165, 1.54) is 0 Å². The molecule has 0 spiro atoms. The van der Waals surface area contributed by atoms with Crippen molar-refractivity contribution in [2.75, 3.05) is 11.9 Å². The van der Waals surface area contributed by atoms with Gasteiger partial charge in [-0.2, -0.15) is 0 Å². The number of rotatable bonds is 6. The van der Waals surface area contributed by atoms with Crippen molar-refractivity contribution in [1.29, 1.82) is 0 Å². The largest absolute Gasteiger partial charge is 0.491 e. The highest BCUT2D eigenvalue weighted by Gasteiger charge is 2.00. The zero-order valence-corrected chi connectivity index (χ0v) is 13.0. The summed E-state index contributed by atoms with van der Waals surface area (Å²) in [6.45, 7) is 9.33. The molecule has 0 heterocycles. The summed E-state index contributed by atoms with van der Waals surface area (Å²) in [5.41, 5.74) is 0.971. The fourth-order valence-corrected chi connectivity index (χ4v) is 1.76. The molecule has 0 fully saturated rings. The summed E-state index contributed by atoms with van der Waals surface area (Å²) < 4.78 is 5.59. The first kappa shape index (κ1) is 15.8. The van der Waals surface area contributed by atoms with Crippen LogP contribution in [0.4, 0.5) is 5.69 Å². The topological polar surface area (TPSA) is 33.3 Å². The van der Waals surface area contributed by atoms with E-state index >= 15 is 0 Å². The molecule has 0 bridgehead atoms. The Hall–Kier alpha value is -1.29. The Labute approximate surface area is 121 Å². The van der Waals surface area contributed by atoms with Gasteiger partial charge >= 0.3 is 0 Å². The van der Waals surface area contributed by atoms with E-state index in [0.29, 0.717) is 11.0 Å². The number of nitrogens with one attached hydrogen (secondary N) is 2. The summed E-state index contributed by atoms with van der Waals surface area (Å²) in [5.74, 6) is 1.56. The maximum Gasteiger partial charge on any atom is 0.170 e. The van der Waals surface area contributed by atoms with Crippen molar-refractivity contribution >= 4 is 23.0 Å². The van der Waals surface area contributed by atoms with E-state index in [-0.39, 0.29) is 6.10 Å². The molecule has 106 valence electrons. The summed E-state index contributed by atoms with van der Waals surface area (Å²) in [7, 11) is 0. The van der Waals surface area contributed by atoms with Gasteiger partial charge in [0.1, 0.15) is 5.75 Å². The van der Waals surface area contributed by atoms with E-state index in [1.807, 2.05) is 38.1 Å². The summed E-state index contributed by atoms with van der Waals surface area (Å²) in [6, 6.07) is 7.82. The maximum absolute atomic E-state index is 5.59. The molecule has 0 aliphatic carbocycles. The minimum absolute atomic E-state index is 0.192. The Morgan fingerprint density at radius 3 is 2.32 bits per heavy atom. The standard InChI is InChI=1S/C15H24N2OS/c1-11(2)9-10-16-15(19)17-13-5-7-14(8-6-13)18-12(3)4/h5-8,11-12H,9-10H2,1-4H3,(H2,16,17,19). The first-order valence-corrected chi connectivity index (χ1v) is 7.19. The molecule has 2 N–H and O–H groups in total. The third-order valence-corrected chi connectivity index (χ3v) is 2.74. The number of ether oxygens (including phenoxy) is 1. The molecule has 0 atom stereocenters. The number of thiocarbonyl (C=S) groups is 1. The maximum atomic E-state index is 5.59. The zero-order valence-electron chi connectivity index (χ0n) is 12.2. The molecule has 19 heavy (non-hydrogen) atoms. The lowest BCUT2D eigenvalue weighted by Crippen LogP contribution is -2.29. The Balaban J connectivity index is 2.38. The van der Waals surface area contributed by atoms with E-state index in [2.05, 4.69) is 24.5 Å². The lowest BCUT2D eigenvalue weighted by atomic mass is 10.1. The van der Waals surface area contributed by atoms with Crippen molar-refractivity contribution in [1.82, 2.24) is 5.32 Å². The minimum Gasteiger partial charge on any atom is -0.491 e. The van der Waals surface area contributed by atoms with Crippen molar-refractivity contribution in [3.8, 4) is 5.75 Å². The fourth-order valence-electron chi connectivity index (χ4n) is 1.54. The molecular weight excluding hydrogens is 256 g/mol. The van der Waals surface area contributed by atoms with Crippen LogP contribution >= 0.6 is 12.2 Å². The van der Waals surface area contributed by atoms with Crippen molar-refractivity contribution < 1.29 is 4.74 Å². The monoisotopic (exact) mass is 280 g/mol. The van der Waals surface area contributed by atoms with Gasteiger partial charge < -0.3 is 15.4 Å². The van der Waals surface area contributed by atoms with Crippen LogP contribution in [0.1, 0.15) is 34.1 Å². The zero-order chi connectivity index (χ0) is 14.3. The predicted molar refractivity (Wildman–Crippen MR) is 85.9 cm³/mol. The Bertz CT molecular complexity index is 388. The molecule has 0 unspecified atom stereocenters. The van der Waals surface area contributed by atoms with Crippen LogP contribution in [0, 0.1) is 5.92 Å². The number of benzene rings is 1. The molecule has 4 heteroatoms. The molecule has 0 amide bonds. The van der Waals surface area contributed by atoms with Crippen LogP contribution in [0.2, 0.25) is 0 Å². The van der Waals surface area contributed by atoms with Crippen LogP contribution in [0.15, 0.2) is 24.3 Å². The highest BCUT2D eigenvalue weighted by Crippen LogP contribution is 2.16. The van der Waals surface area contributed by atoms with Gasteiger partial charge in [-0.3, -0.25) is 0 Å². The van der Waals surface area contributed by atoms with Crippen LogP contribution < -0.4 is 15.4 Å². The molecular formula is C15H24N2OS. The Kier molecular flexibility index (Phi) is 6.64. The second-order valence-corrected chi connectivity index (χ2v) is 5.66. The number of hydrogen-bond donors (Lipinski definition) is 2. The van der Waals surface area contributed by atoms with Gasteiger partial charge in [-0.05, 0) is 62.7 Å². The average Bonchev–Trinajstić information content (AvgIpc) is 2.30. The fraction of sp³-hybridized carbons (Fsp3) is 0.533. The van der Waals surface area contributed by atoms with Crippen molar-refractivity contribution in [3.05, 3.63) is 24.3 Å². The average molecular weight is 280 g/mol. The molecule has 0 saturated heterocycles. The smallest absolute Gasteiger partial charge is 0.170 e. The van der Waals surface area contributed by atoms with Crippen LogP contribution in [0.3, 0.4) is 0 Å². The molecule has 3 nitrogen and oxygen atoms in total. The van der Waals surface area contributed by atoms with Gasteiger partial charge in [0.2, 0.25) is 0 Å². The van der Waals surface area contributed by atoms with E-state index in [9.17, 15) is 0 Å². The summed E-state index contributed by atoms with van der Waals surface area (Å²) in [6.07, 6.45) is 1.31. The van der Waals surface area contributed by atoms with Crippen molar-refractivity contribution in [3.63, 3.8) is 0 Å². The quantitative estimate of drug-likeness (QED) is 0.776. The van der Waals surface area contributed by atoms with Crippen molar-refractivity contribution in [2.24, 2.45) is 5.92 Å². The summed E-state index contributed by atoms with van der Waals surface area (Å²) in [4.78, 5) is 0. The second-order valence-electron chi connectivity index (χ2n) is 5.25. The number of hydrogen-bond acceptors (Lipinski definition) is 2. The van der Waals surface area contributed by atoms with Gasteiger partial charge in [0.25, 0.3) is 0 Å². The van der Waals surface area contributed by atoms with Gasteiger partial charge in [-0.1, -0.05) is 13.8 Å². The third kappa shape index (κ3) is 7.01. The first-order valence-electron chi connectivity index (χ1n) is 6.79. The van der Waals surface area contributed by atoms with Crippen LogP contribution in [0.25, 0.3) is 0 Å². The molecule has 0 aliphatic rings. The van der Waals surface area contributed by atoms with Crippen LogP contribution in [-0.2, 0) is 0 Å². The van der Waals surface area contributed by atoms with E-state index in [4.69, 9.17) is 17.0 Å². The molecule has 0 saturated carbocycles. The molecule has 0 aromatic heterocycles. The van der Waals surface area contributed by atoms with Gasteiger partial charge in [-0.15, -0.1) is 0 Å². The molecule has 1 aromatic carbocycles. The van der Waals surface area contributed by atoms with E-state index < -0.39 is 0 Å².